The van der Waals surface area contributed by atoms with Crippen LogP contribution in [0.25, 0.3) is 5.69 Å². The van der Waals surface area contributed by atoms with Gasteiger partial charge in [0.15, 0.2) is 0 Å². The molecule has 6 heteroatoms. The van der Waals surface area contributed by atoms with Gasteiger partial charge in [0, 0.05) is 5.02 Å². The second-order valence-electron chi connectivity index (χ2n) is 3.33. The van der Waals surface area contributed by atoms with E-state index >= 15 is 0 Å². The number of halogens is 3. The highest BCUT2D eigenvalue weighted by Crippen LogP contribution is 2.20. The number of rotatable bonds is 2. The molecule has 1 unspecified atom stereocenters. The van der Waals surface area contributed by atoms with Crippen molar-refractivity contribution < 1.29 is 4.39 Å². The molecule has 3 nitrogen and oxygen atoms in total. The van der Waals surface area contributed by atoms with Crippen LogP contribution in [0.15, 0.2) is 24.4 Å². The molecule has 2 aromatic rings. The molecule has 2 rings (SSSR count). The van der Waals surface area contributed by atoms with Crippen LogP contribution in [0.4, 0.5) is 4.39 Å². The Morgan fingerprint density at radius 2 is 2.12 bits per heavy atom. The molecule has 0 spiro atoms. The molecule has 0 radical (unpaired) electrons. The van der Waals surface area contributed by atoms with Gasteiger partial charge >= 0.3 is 0 Å². The van der Waals surface area contributed by atoms with Crippen molar-refractivity contribution in [2.75, 3.05) is 0 Å². The third-order valence-electron chi connectivity index (χ3n) is 2.03. The lowest BCUT2D eigenvalue weighted by Gasteiger charge is -2.01. The minimum absolute atomic E-state index is 0.238. The Labute approximate surface area is 102 Å². The fourth-order valence-electron chi connectivity index (χ4n) is 1.26. The Kier molecular flexibility index (Phi) is 3.12. The van der Waals surface area contributed by atoms with E-state index in [-0.39, 0.29) is 5.38 Å². The average molecular weight is 260 g/mol. The molecule has 1 heterocycles. The van der Waals surface area contributed by atoms with Gasteiger partial charge in [-0.15, -0.1) is 16.7 Å². The van der Waals surface area contributed by atoms with E-state index in [4.69, 9.17) is 23.2 Å². The van der Waals surface area contributed by atoms with Crippen LogP contribution < -0.4 is 0 Å². The highest BCUT2D eigenvalue weighted by Gasteiger charge is 2.08. The summed E-state index contributed by atoms with van der Waals surface area (Å²) >= 11 is 11.6. The highest BCUT2D eigenvalue weighted by atomic mass is 35.5. The third-order valence-corrected chi connectivity index (χ3v) is 2.47. The lowest BCUT2D eigenvalue weighted by atomic mass is 10.3. The number of nitrogens with zero attached hydrogens (tertiary/aromatic N) is 3. The Bertz CT molecular complexity index is 490. The largest absolute Gasteiger partial charge is 0.220 e. The number of alkyl halides is 1. The van der Waals surface area contributed by atoms with Crippen molar-refractivity contribution in [2.24, 2.45) is 0 Å². The van der Waals surface area contributed by atoms with E-state index in [1.807, 2.05) is 0 Å². The van der Waals surface area contributed by atoms with Crippen molar-refractivity contribution in [3.63, 3.8) is 0 Å². The summed E-state index contributed by atoms with van der Waals surface area (Å²) in [6, 6.07) is 4.15. The first-order valence-electron chi connectivity index (χ1n) is 4.59. The van der Waals surface area contributed by atoms with Crippen LogP contribution in [0, 0.1) is 5.82 Å². The van der Waals surface area contributed by atoms with Crippen LogP contribution >= 0.6 is 23.2 Å². The molecule has 0 amide bonds. The predicted octanol–water partition coefficient (Wildman–Crippen LogP) is 3.36. The van der Waals surface area contributed by atoms with Crippen molar-refractivity contribution in [1.82, 2.24) is 15.0 Å². The molecule has 1 atom stereocenters. The maximum Gasteiger partial charge on any atom is 0.126 e. The summed E-state index contributed by atoms with van der Waals surface area (Å²) < 4.78 is 14.5. The first-order chi connectivity index (χ1) is 7.56. The van der Waals surface area contributed by atoms with Gasteiger partial charge in [-0.3, -0.25) is 0 Å². The zero-order valence-corrected chi connectivity index (χ0v) is 9.87. The molecule has 1 aromatic heterocycles. The van der Waals surface area contributed by atoms with E-state index in [1.165, 1.54) is 16.8 Å². The van der Waals surface area contributed by atoms with Crippen molar-refractivity contribution in [1.29, 1.82) is 0 Å². The monoisotopic (exact) mass is 259 g/mol. The van der Waals surface area contributed by atoms with Crippen molar-refractivity contribution in [3.8, 4) is 5.69 Å². The third kappa shape index (κ3) is 2.33. The minimum atomic E-state index is -0.418. The summed E-state index contributed by atoms with van der Waals surface area (Å²) in [6.07, 6.45) is 1.64. The minimum Gasteiger partial charge on any atom is -0.220 e. The molecule has 16 heavy (non-hydrogen) atoms. The first-order valence-corrected chi connectivity index (χ1v) is 5.40. The summed E-state index contributed by atoms with van der Waals surface area (Å²) in [4.78, 5) is 0. The van der Waals surface area contributed by atoms with Gasteiger partial charge in [0.25, 0.3) is 0 Å². The van der Waals surface area contributed by atoms with E-state index in [0.717, 1.165) is 0 Å². The highest BCUT2D eigenvalue weighted by molar-refractivity contribution is 6.30. The van der Waals surface area contributed by atoms with E-state index < -0.39 is 5.82 Å². The smallest absolute Gasteiger partial charge is 0.126 e. The SMILES string of the molecule is CC(Cl)c1cn(-c2cc(F)cc(Cl)c2)nn1. The summed E-state index contributed by atoms with van der Waals surface area (Å²) in [5.74, 6) is -0.418. The Balaban J connectivity index is 2.42. The van der Waals surface area contributed by atoms with Crippen molar-refractivity contribution in [3.05, 3.63) is 40.9 Å². The van der Waals surface area contributed by atoms with Gasteiger partial charge in [-0.25, -0.2) is 9.07 Å². The molecule has 0 aliphatic heterocycles. The average Bonchev–Trinajstić information content (AvgIpc) is 2.64. The zero-order valence-electron chi connectivity index (χ0n) is 8.36. The molecular weight excluding hydrogens is 252 g/mol. The summed E-state index contributed by atoms with van der Waals surface area (Å²) in [6.45, 7) is 1.79. The van der Waals surface area contributed by atoms with Gasteiger partial charge in [0.1, 0.15) is 11.5 Å². The molecule has 0 fully saturated rings. The van der Waals surface area contributed by atoms with Gasteiger partial charge in [0.2, 0.25) is 0 Å². The molecule has 84 valence electrons. The Hall–Kier alpha value is -1.13. The van der Waals surface area contributed by atoms with Crippen LogP contribution in [-0.2, 0) is 0 Å². The maximum absolute atomic E-state index is 13.1. The maximum atomic E-state index is 13.1. The van der Waals surface area contributed by atoms with Crippen LogP contribution in [0.5, 0.6) is 0 Å². The summed E-state index contributed by atoms with van der Waals surface area (Å²) in [5.41, 5.74) is 1.14. The quantitative estimate of drug-likeness (QED) is 0.775. The van der Waals surface area contributed by atoms with Gasteiger partial charge in [-0.2, -0.15) is 0 Å². The van der Waals surface area contributed by atoms with Gasteiger partial charge < -0.3 is 0 Å². The second kappa shape index (κ2) is 4.39. The fourth-order valence-corrected chi connectivity index (χ4v) is 1.57. The van der Waals surface area contributed by atoms with Gasteiger partial charge in [-0.1, -0.05) is 16.8 Å². The summed E-state index contributed by atoms with van der Waals surface area (Å²) in [7, 11) is 0. The molecule has 0 saturated heterocycles. The van der Waals surface area contributed by atoms with E-state index in [1.54, 1.807) is 19.2 Å². The topological polar surface area (TPSA) is 30.7 Å². The van der Waals surface area contributed by atoms with Gasteiger partial charge in [-0.05, 0) is 25.1 Å². The normalized spacial score (nSPS) is 12.8. The molecular formula is C10H8Cl2FN3. The van der Waals surface area contributed by atoms with Gasteiger partial charge in [0.05, 0.1) is 17.3 Å². The van der Waals surface area contributed by atoms with Crippen LogP contribution in [0.3, 0.4) is 0 Å². The van der Waals surface area contributed by atoms with E-state index in [9.17, 15) is 4.39 Å². The van der Waals surface area contributed by atoms with Crippen molar-refractivity contribution in [2.45, 2.75) is 12.3 Å². The second-order valence-corrected chi connectivity index (χ2v) is 4.42. The molecule has 0 saturated carbocycles. The molecule has 1 aromatic carbocycles. The summed E-state index contributed by atoms with van der Waals surface area (Å²) in [5, 5.41) is 7.79. The predicted molar refractivity (Wildman–Crippen MR) is 60.6 cm³/mol. The van der Waals surface area contributed by atoms with Crippen LogP contribution in [0.2, 0.25) is 5.02 Å². The number of hydrogen-bond donors (Lipinski definition) is 0. The fraction of sp³-hybridized carbons (Fsp3) is 0.200. The number of aromatic nitrogens is 3. The van der Waals surface area contributed by atoms with Crippen LogP contribution in [0.1, 0.15) is 18.0 Å². The molecule has 0 bridgehead atoms. The van der Waals surface area contributed by atoms with E-state index in [0.29, 0.717) is 16.4 Å². The number of hydrogen-bond acceptors (Lipinski definition) is 2. The molecule has 0 N–H and O–H groups in total. The lowest BCUT2D eigenvalue weighted by molar-refractivity contribution is 0.625. The Morgan fingerprint density at radius 3 is 2.69 bits per heavy atom. The van der Waals surface area contributed by atoms with Crippen LogP contribution in [-0.4, -0.2) is 15.0 Å². The van der Waals surface area contributed by atoms with Crippen molar-refractivity contribution >= 4 is 23.2 Å². The van der Waals surface area contributed by atoms with E-state index in [2.05, 4.69) is 10.3 Å². The molecule has 0 aliphatic carbocycles. The number of benzene rings is 1. The first kappa shape index (κ1) is 11.4. The standard InChI is InChI=1S/C10H8Cl2FN3/c1-6(11)10-5-16(15-14-10)9-3-7(12)2-8(13)4-9/h2-6H,1H3. The lowest BCUT2D eigenvalue weighted by Crippen LogP contribution is -1.95. The zero-order chi connectivity index (χ0) is 11.7. The molecule has 0 aliphatic rings. The Morgan fingerprint density at radius 1 is 1.38 bits per heavy atom.